The van der Waals surface area contributed by atoms with Gasteiger partial charge in [-0.3, -0.25) is 9.59 Å². The number of benzene rings is 2. The van der Waals surface area contributed by atoms with Gasteiger partial charge in [-0.25, -0.2) is 8.42 Å². The molecule has 0 saturated carbocycles. The van der Waals surface area contributed by atoms with Crippen molar-refractivity contribution in [1.29, 1.82) is 0 Å². The summed E-state index contributed by atoms with van der Waals surface area (Å²) in [6, 6.07) is 11.4. The van der Waals surface area contributed by atoms with Gasteiger partial charge in [0.2, 0.25) is 5.91 Å². The maximum atomic E-state index is 12.6. The SMILES string of the molecule is CNC(=O)Cc1ccccc1NC(=O)c1cc(S(C)(=O)=O)ccc1C. The average Bonchev–Trinajstić information content (AvgIpc) is 2.55. The molecule has 0 bridgehead atoms. The summed E-state index contributed by atoms with van der Waals surface area (Å²) in [5, 5.41) is 5.30. The van der Waals surface area contributed by atoms with Gasteiger partial charge in [-0.2, -0.15) is 0 Å². The third kappa shape index (κ3) is 4.67. The van der Waals surface area contributed by atoms with Crippen molar-refractivity contribution in [3.63, 3.8) is 0 Å². The summed E-state index contributed by atoms with van der Waals surface area (Å²) in [6.45, 7) is 1.73. The molecule has 7 heteroatoms. The molecule has 0 radical (unpaired) electrons. The van der Waals surface area contributed by atoms with Gasteiger partial charge in [0, 0.05) is 24.6 Å². The number of carbonyl (C=O) groups excluding carboxylic acids is 2. The first-order valence-electron chi connectivity index (χ1n) is 7.63. The number of nitrogens with one attached hydrogen (secondary N) is 2. The molecule has 0 spiro atoms. The van der Waals surface area contributed by atoms with Crippen LogP contribution in [0.1, 0.15) is 21.5 Å². The molecule has 2 aromatic rings. The van der Waals surface area contributed by atoms with E-state index in [-0.39, 0.29) is 22.8 Å². The molecule has 0 atom stereocenters. The second-order valence-electron chi connectivity index (χ2n) is 5.71. The molecule has 0 fully saturated rings. The first-order chi connectivity index (χ1) is 11.7. The Hall–Kier alpha value is -2.67. The Morgan fingerprint density at radius 2 is 1.76 bits per heavy atom. The van der Waals surface area contributed by atoms with Gasteiger partial charge in [-0.1, -0.05) is 24.3 Å². The number of rotatable bonds is 5. The Morgan fingerprint density at radius 3 is 2.40 bits per heavy atom. The largest absolute Gasteiger partial charge is 0.359 e. The van der Waals surface area contributed by atoms with E-state index in [1.807, 2.05) is 0 Å². The smallest absolute Gasteiger partial charge is 0.255 e. The van der Waals surface area contributed by atoms with Gasteiger partial charge < -0.3 is 10.6 Å². The van der Waals surface area contributed by atoms with Gasteiger partial charge in [0.15, 0.2) is 9.84 Å². The number of hydrogen-bond donors (Lipinski definition) is 2. The number of carbonyl (C=O) groups is 2. The van der Waals surface area contributed by atoms with Crippen LogP contribution in [0.2, 0.25) is 0 Å². The minimum atomic E-state index is -3.41. The predicted octanol–water partition coefficient (Wildman–Crippen LogP) is 1.94. The van der Waals surface area contributed by atoms with E-state index in [1.54, 1.807) is 44.3 Å². The summed E-state index contributed by atoms with van der Waals surface area (Å²) >= 11 is 0. The minimum absolute atomic E-state index is 0.0851. The first-order valence-corrected chi connectivity index (χ1v) is 9.52. The topological polar surface area (TPSA) is 92.3 Å². The fourth-order valence-electron chi connectivity index (χ4n) is 2.32. The van der Waals surface area contributed by atoms with Crippen LogP contribution in [-0.4, -0.2) is 33.5 Å². The van der Waals surface area contributed by atoms with Crippen molar-refractivity contribution in [3.8, 4) is 0 Å². The average molecular weight is 360 g/mol. The van der Waals surface area contributed by atoms with Gasteiger partial charge in [-0.05, 0) is 36.2 Å². The molecule has 2 aromatic carbocycles. The molecule has 0 saturated heterocycles. The van der Waals surface area contributed by atoms with Gasteiger partial charge in [0.05, 0.1) is 11.3 Å². The summed E-state index contributed by atoms with van der Waals surface area (Å²) < 4.78 is 23.4. The van der Waals surface area contributed by atoms with Crippen LogP contribution in [-0.2, 0) is 21.1 Å². The molecule has 25 heavy (non-hydrogen) atoms. The van der Waals surface area contributed by atoms with E-state index >= 15 is 0 Å². The van der Waals surface area contributed by atoms with Crippen LogP contribution in [0.4, 0.5) is 5.69 Å². The zero-order valence-electron chi connectivity index (χ0n) is 14.3. The van der Waals surface area contributed by atoms with Crippen molar-refractivity contribution in [2.24, 2.45) is 0 Å². The van der Waals surface area contributed by atoms with Crippen molar-refractivity contribution in [1.82, 2.24) is 5.32 Å². The van der Waals surface area contributed by atoms with Crippen molar-refractivity contribution >= 4 is 27.3 Å². The summed E-state index contributed by atoms with van der Waals surface area (Å²) in [4.78, 5) is 24.3. The van der Waals surface area contributed by atoms with E-state index < -0.39 is 15.7 Å². The molecular formula is C18H20N2O4S. The van der Waals surface area contributed by atoms with Crippen LogP contribution in [0, 0.1) is 6.92 Å². The van der Waals surface area contributed by atoms with Crippen molar-refractivity contribution in [3.05, 3.63) is 59.2 Å². The number of hydrogen-bond acceptors (Lipinski definition) is 4. The van der Waals surface area contributed by atoms with Crippen molar-refractivity contribution in [2.45, 2.75) is 18.2 Å². The highest BCUT2D eigenvalue weighted by molar-refractivity contribution is 7.90. The Bertz CT molecular complexity index is 920. The molecule has 0 unspecified atom stereocenters. The van der Waals surface area contributed by atoms with E-state index in [9.17, 15) is 18.0 Å². The summed E-state index contributed by atoms with van der Waals surface area (Å²) in [6.07, 6.45) is 1.23. The lowest BCUT2D eigenvalue weighted by Crippen LogP contribution is -2.21. The molecule has 2 N–H and O–H groups in total. The molecule has 132 valence electrons. The fourth-order valence-corrected chi connectivity index (χ4v) is 2.97. The molecule has 0 heterocycles. The molecule has 0 aliphatic heterocycles. The van der Waals surface area contributed by atoms with Crippen LogP contribution in [0.25, 0.3) is 0 Å². The second kappa shape index (κ2) is 7.48. The van der Waals surface area contributed by atoms with Gasteiger partial charge >= 0.3 is 0 Å². The summed E-state index contributed by atoms with van der Waals surface area (Å²) in [5.74, 6) is -0.593. The van der Waals surface area contributed by atoms with Crippen LogP contribution < -0.4 is 10.6 Å². The molecule has 0 aromatic heterocycles. The number of sulfone groups is 1. The molecule has 6 nitrogen and oxygen atoms in total. The van der Waals surface area contributed by atoms with E-state index in [0.717, 1.165) is 6.26 Å². The lowest BCUT2D eigenvalue weighted by atomic mass is 10.1. The van der Waals surface area contributed by atoms with E-state index in [2.05, 4.69) is 10.6 Å². The fraction of sp³-hybridized carbons (Fsp3) is 0.222. The molecular weight excluding hydrogens is 340 g/mol. The zero-order valence-corrected chi connectivity index (χ0v) is 15.1. The van der Waals surface area contributed by atoms with Crippen LogP contribution >= 0.6 is 0 Å². The number of amides is 2. The van der Waals surface area contributed by atoms with Crippen LogP contribution in [0.5, 0.6) is 0 Å². The normalized spacial score (nSPS) is 11.0. The Morgan fingerprint density at radius 1 is 1.08 bits per heavy atom. The van der Waals surface area contributed by atoms with Gasteiger partial charge in [-0.15, -0.1) is 0 Å². The maximum absolute atomic E-state index is 12.6. The molecule has 2 rings (SSSR count). The molecule has 0 aliphatic rings. The van der Waals surface area contributed by atoms with Gasteiger partial charge in [0.1, 0.15) is 0 Å². The van der Waals surface area contributed by atoms with Crippen LogP contribution in [0.3, 0.4) is 0 Å². The highest BCUT2D eigenvalue weighted by Gasteiger charge is 2.16. The minimum Gasteiger partial charge on any atom is -0.359 e. The van der Waals surface area contributed by atoms with Crippen molar-refractivity contribution in [2.75, 3.05) is 18.6 Å². The number of likely N-dealkylation sites (N-methyl/N-ethyl adjacent to an activating group) is 1. The zero-order chi connectivity index (χ0) is 18.6. The summed E-state index contributed by atoms with van der Waals surface area (Å²) in [5.41, 5.74) is 2.12. The number of aryl methyl sites for hydroxylation is 1. The number of anilines is 1. The highest BCUT2D eigenvalue weighted by Crippen LogP contribution is 2.20. The van der Waals surface area contributed by atoms with E-state index in [4.69, 9.17) is 0 Å². The summed E-state index contributed by atoms with van der Waals surface area (Å²) in [7, 11) is -1.86. The highest BCUT2D eigenvalue weighted by atomic mass is 32.2. The standard InChI is InChI=1S/C18H20N2O4S/c1-12-8-9-14(25(3,23)24)11-15(12)18(22)20-16-7-5-4-6-13(16)10-17(21)19-2/h4-9,11H,10H2,1-3H3,(H,19,21)(H,20,22). The van der Waals surface area contributed by atoms with E-state index in [1.165, 1.54) is 12.1 Å². The Kier molecular flexibility index (Phi) is 5.58. The van der Waals surface area contributed by atoms with Gasteiger partial charge in [0.25, 0.3) is 5.91 Å². The van der Waals surface area contributed by atoms with Crippen LogP contribution in [0.15, 0.2) is 47.4 Å². The third-order valence-corrected chi connectivity index (χ3v) is 4.89. The molecule has 2 amide bonds. The van der Waals surface area contributed by atoms with Crippen molar-refractivity contribution < 1.29 is 18.0 Å². The lowest BCUT2D eigenvalue weighted by Gasteiger charge is -2.12. The number of para-hydroxylation sites is 1. The predicted molar refractivity (Wildman–Crippen MR) is 96.5 cm³/mol. The monoisotopic (exact) mass is 360 g/mol. The Balaban J connectivity index is 2.34. The maximum Gasteiger partial charge on any atom is 0.255 e. The second-order valence-corrected chi connectivity index (χ2v) is 7.73. The van der Waals surface area contributed by atoms with E-state index in [0.29, 0.717) is 16.8 Å². The Labute approximate surface area is 147 Å². The first kappa shape index (κ1) is 18.7. The quantitative estimate of drug-likeness (QED) is 0.852. The third-order valence-electron chi connectivity index (χ3n) is 3.78. The molecule has 0 aliphatic carbocycles. The lowest BCUT2D eigenvalue weighted by molar-refractivity contribution is -0.119.